The number of rotatable bonds is 5. The first-order valence-electron chi connectivity index (χ1n) is 13.8. The molecular weight excluding hydrogens is 480 g/mol. The molecule has 1 saturated carbocycles. The van der Waals surface area contributed by atoms with E-state index in [9.17, 15) is 14.4 Å². The number of fused-ring (bicyclic) bond motifs is 1. The number of hydrogen-bond donors (Lipinski definition) is 3. The fourth-order valence-corrected chi connectivity index (χ4v) is 6.77. The smallest absolute Gasteiger partial charge is 0.250 e. The molecule has 3 atom stereocenters. The van der Waals surface area contributed by atoms with Gasteiger partial charge in [-0.05, 0) is 62.3 Å². The molecule has 4 aliphatic rings. The molecule has 1 spiro atoms. The van der Waals surface area contributed by atoms with Crippen molar-refractivity contribution in [3.63, 3.8) is 0 Å². The summed E-state index contributed by atoms with van der Waals surface area (Å²) in [6.45, 7) is 2.42. The Morgan fingerprint density at radius 2 is 1.68 bits per heavy atom. The molecule has 0 aromatic heterocycles. The van der Waals surface area contributed by atoms with Crippen molar-refractivity contribution >= 4 is 29.1 Å². The predicted octanol–water partition coefficient (Wildman–Crippen LogP) is 2.19. The number of carbonyl (C=O) groups excluding carboxylic acids is 3. The van der Waals surface area contributed by atoms with Gasteiger partial charge in [-0.2, -0.15) is 0 Å². The summed E-state index contributed by atoms with van der Waals surface area (Å²) >= 11 is 0. The first kappa shape index (κ1) is 24.9. The first-order valence-corrected chi connectivity index (χ1v) is 13.8. The van der Waals surface area contributed by atoms with E-state index >= 15 is 0 Å². The molecule has 4 fully saturated rings. The van der Waals surface area contributed by atoms with Crippen LogP contribution in [0.15, 0.2) is 60.7 Å². The Hall–Kier alpha value is -3.43. The highest BCUT2D eigenvalue weighted by Gasteiger charge is 2.54. The lowest BCUT2D eigenvalue weighted by atomic mass is 9.78. The van der Waals surface area contributed by atoms with Gasteiger partial charge in [0.1, 0.15) is 12.1 Å². The minimum Gasteiger partial charge on any atom is -0.342 e. The molecule has 6 rings (SSSR count). The van der Waals surface area contributed by atoms with Gasteiger partial charge >= 0.3 is 0 Å². The van der Waals surface area contributed by atoms with Crippen molar-refractivity contribution in [2.24, 2.45) is 11.8 Å². The average molecular weight is 517 g/mol. The van der Waals surface area contributed by atoms with Crippen LogP contribution in [0, 0.1) is 11.8 Å². The number of hydrazine groups is 1. The Balaban J connectivity index is 1.15. The van der Waals surface area contributed by atoms with Crippen LogP contribution < -0.4 is 21.1 Å². The molecule has 3 heterocycles. The number of carbonyl (C=O) groups is 3. The van der Waals surface area contributed by atoms with Gasteiger partial charge in [0.05, 0.1) is 6.67 Å². The maximum absolute atomic E-state index is 13.9. The summed E-state index contributed by atoms with van der Waals surface area (Å²) in [5, 5.41) is 2.90. The molecule has 2 aromatic rings. The zero-order valence-corrected chi connectivity index (χ0v) is 21.6. The van der Waals surface area contributed by atoms with E-state index in [2.05, 4.69) is 21.1 Å². The summed E-state index contributed by atoms with van der Waals surface area (Å²) in [6, 6.07) is 19.6. The second-order valence-electron chi connectivity index (χ2n) is 11.1. The third-order valence-electron chi connectivity index (χ3n) is 8.87. The minimum absolute atomic E-state index is 0.00682. The lowest BCUT2D eigenvalue weighted by Crippen LogP contribution is -2.58. The van der Waals surface area contributed by atoms with E-state index in [0.717, 1.165) is 31.5 Å². The SMILES string of the molecule is O=C(CN1CN(c2ccccc2)C2(CCN(C(=O)C3CCC4CNNC4C3)CC2)C1=O)Nc1ccccc1. The maximum atomic E-state index is 13.9. The lowest BCUT2D eigenvalue weighted by Gasteiger charge is -2.44. The molecule has 1 aliphatic carbocycles. The van der Waals surface area contributed by atoms with Crippen LogP contribution in [0.5, 0.6) is 0 Å². The fraction of sp³-hybridized carbons (Fsp3) is 0.483. The van der Waals surface area contributed by atoms with Gasteiger partial charge in [-0.25, -0.2) is 0 Å². The normalized spacial score (nSPS) is 26.5. The molecule has 3 N–H and O–H groups in total. The molecular formula is C29H36N6O3. The third kappa shape index (κ3) is 4.65. The number of likely N-dealkylation sites (tertiary alicyclic amines) is 1. The topological polar surface area (TPSA) is 97.0 Å². The molecule has 3 unspecified atom stereocenters. The van der Waals surface area contributed by atoms with Gasteiger partial charge in [-0.1, -0.05) is 36.4 Å². The van der Waals surface area contributed by atoms with Gasteiger partial charge in [-0.3, -0.25) is 25.2 Å². The predicted molar refractivity (Wildman–Crippen MR) is 145 cm³/mol. The number of para-hydroxylation sites is 2. The number of benzene rings is 2. The number of hydrogen-bond acceptors (Lipinski definition) is 6. The monoisotopic (exact) mass is 516 g/mol. The molecule has 9 nitrogen and oxygen atoms in total. The number of nitrogens with one attached hydrogen (secondary N) is 3. The van der Waals surface area contributed by atoms with Crippen molar-refractivity contribution in [3.05, 3.63) is 60.7 Å². The molecule has 0 bridgehead atoms. The second kappa shape index (κ2) is 10.4. The van der Waals surface area contributed by atoms with Gasteiger partial charge in [-0.15, -0.1) is 0 Å². The van der Waals surface area contributed by atoms with Gasteiger partial charge in [0.25, 0.3) is 5.91 Å². The van der Waals surface area contributed by atoms with Crippen molar-refractivity contribution in [1.29, 1.82) is 0 Å². The molecule has 3 saturated heterocycles. The van der Waals surface area contributed by atoms with Crippen molar-refractivity contribution < 1.29 is 14.4 Å². The summed E-state index contributed by atoms with van der Waals surface area (Å²) in [5.41, 5.74) is 7.51. The van der Waals surface area contributed by atoms with Crippen LogP contribution in [0.4, 0.5) is 11.4 Å². The Morgan fingerprint density at radius 3 is 2.42 bits per heavy atom. The first-order chi connectivity index (χ1) is 18.5. The number of nitrogens with zero attached hydrogens (tertiary/aromatic N) is 3. The molecule has 3 amide bonds. The van der Waals surface area contributed by atoms with Crippen LogP contribution in [0.1, 0.15) is 32.1 Å². The molecule has 2 aromatic carbocycles. The van der Waals surface area contributed by atoms with Crippen LogP contribution in [0.2, 0.25) is 0 Å². The Bertz CT molecular complexity index is 1170. The highest BCUT2D eigenvalue weighted by Crippen LogP contribution is 2.40. The van der Waals surface area contributed by atoms with Crippen LogP contribution >= 0.6 is 0 Å². The van der Waals surface area contributed by atoms with Crippen molar-refractivity contribution in [1.82, 2.24) is 20.7 Å². The largest absolute Gasteiger partial charge is 0.342 e. The molecule has 3 aliphatic heterocycles. The van der Waals surface area contributed by atoms with Crippen LogP contribution in [0.3, 0.4) is 0 Å². The zero-order chi connectivity index (χ0) is 26.1. The van der Waals surface area contributed by atoms with Gasteiger partial charge < -0.3 is 20.0 Å². The zero-order valence-electron chi connectivity index (χ0n) is 21.6. The molecule has 9 heteroatoms. The third-order valence-corrected chi connectivity index (χ3v) is 8.87. The van der Waals surface area contributed by atoms with Crippen LogP contribution in [-0.2, 0) is 14.4 Å². The van der Waals surface area contributed by atoms with E-state index in [1.54, 1.807) is 4.90 Å². The Labute approximate surface area is 223 Å². The molecule has 38 heavy (non-hydrogen) atoms. The van der Waals surface area contributed by atoms with E-state index in [1.807, 2.05) is 65.6 Å². The van der Waals surface area contributed by atoms with Crippen LogP contribution in [-0.4, -0.2) is 71.9 Å². The van der Waals surface area contributed by atoms with Crippen LogP contribution in [0.25, 0.3) is 0 Å². The van der Waals surface area contributed by atoms with Crippen molar-refractivity contribution in [3.8, 4) is 0 Å². The van der Waals surface area contributed by atoms with E-state index in [-0.39, 0.29) is 30.2 Å². The second-order valence-corrected chi connectivity index (χ2v) is 11.1. The van der Waals surface area contributed by atoms with E-state index in [4.69, 9.17) is 0 Å². The van der Waals surface area contributed by atoms with E-state index < -0.39 is 5.54 Å². The van der Waals surface area contributed by atoms with Gasteiger partial charge in [0, 0.05) is 43.0 Å². The summed E-state index contributed by atoms with van der Waals surface area (Å²) in [5.74, 6) is 0.638. The standard InChI is InChI=1S/C29H36N6O3/c36-26(31-23-7-3-1-4-8-23)19-34-20-35(24-9-5-2-6-10-24)29(28(34)38)13-15-33(16-14-29)27(37)21-11-12-22-18-30-32-25(22)17-21/h1-10,21-22,25,30,32H,11-20H2,(H,31,36). The van der Waals surface area contributed by atoms with Gasteiger partial charge in [0.2, 0.25) is 11.8 Å². The number of anilines is 2. The maximum Gasteiger partial charge on any atom is 0.250 e. The van der Waals surface area contributed by atoms with Gasteiger partial charge in [0.15, 0.2) is 0 Å². The van der Waals surface area contributed by atoms with E-state index in [0.29, 0.717) is 50.2 Å². The number of piperidine rings is 1. The Morgan fingerprint density at radius 1 is 0.974 bits per heavy atom. The Kier molecular flexibility index (Phi) is 6.80. The average Bonchev–Trinajstić information content (AvgIpc) is 3.53. The minimum atomic E-state index is -0.750. The fourth-order valence-electron chi connectivity index (χ4n) is 6.77. The summed E-state index contributed by atoms with van der Waals surface area (Å²) in [4.78, 5) is 46.0. The summed E-state index contributed by atoms with van der Waals surface area (Å²) in [7, 11) is 0. The van der Waals surface area contributed by atoms with Crippen molar-refractivity contribution in [2.45, 2.75) is 43.7 Å². The molecule has 0 radical (unpaired) electrons. The highest BCUT2D eigenvalue weighted by molar-refractivity contribution is 5.99. The number of amides is 3. The lowest BCUT2D eigenvalue weighted by molar-refractivity contribution is -0.142. The summed E-state index contributed by atoms with van der Waals surface area (Å²) < 4.78 is 0. The van der Waals surface area contributed by atoms with E-state index in [1.165, 1.54) is 0 Å². The molecule has 200 valence electrons. The summed E-state index contributed by atoms with van der Waals surface area (Å²) in [6.07, 6.45) is 3.99. The van der Waals surface area contributed by atoms with Crippen molar-refractivity contribution in [2.75, 3.05) is 43.1 Å². The highest BCUT2D eigenvalue weighted by atomic mass is 16.2. The quantitative estimate of drug-likeness (QED) is 0.564.